The summed E-state index contributed by atoms with van der Waals surface area (Å²) in [4.78, 5) is 10.8. The minimum absolute atomic E-state index is 0.0819. The highest BCUT2D eigenvalue weighted by atomic mass is 32.2. The van der Waals surface area contributed by atoms with E-state index < -0.39 is 27.7 Å². The fraction of sp³-hybridized carbons (Fsp3) is 0.385. The summed E-state index contributed by atoms with van der Waals surface area (Å²) in [5, 5.41) is 17.8. The van der Waals surface area contributed by atoms with E-state index >= 15 is 0 Å². The molecule has 1 N–H and O–H groups in total. The number of halogens is 1. The molecule has 2 unspecified atom stereocenters. The lowest BCUT2D eigenvalue weighted by Crippen LogP contribution is -2.30. The molecule has 6 nitrogen and oxygen atoms in total. The number of carboxylic acids is 1. The van der Waals surface area contributed by atoms with E-state index in [1.165, 1.54) is 0 Å². The number of sulfonamides is 1. The van der Waals surface area contributed by atoms with Gasteiger partial charge in [-0.05, 0) is 24.1 Å². The molecule has 0 saturated carbocycles. The van der Waals surface area contributed by atoms with Crippen molar-refractivity contribution in [1.29, 1.82) is 5.26 Å². The molecule has 1 fully saturated rings. The third kappa shape index (κ3) is 2.75. The van der Waals surface area contributed by atoms with Gasteiger partial charge in [0.2, 0.25) is 10.0 Å². The summed E-state index contributed by atoms with van der Waals surface area (Å²) < 4.78 is 39.2. The summed E-state index contributed by atoms with van der Waals surface area (Å²) in [5.41, 5.74) is -0.363. The monoisotopic (exact) mass is 312 g/mol. The Kier molecular flexibility index (Phi) is 3.98. The van der Waals surface area contributed by atoms with Crippen LogP contribution in [0.2, 0.25) is 0 Å². The number of hydrogen-bond donors (Lipinski definition) is 1. The zero-order valence-corrected chi connectivity index (χ0v) is 12.0. The normalized spacial score (nSPS) is 22.9. The molecule has 1 aromatic rings. The highest BCUT2D eigenvalue weighted by molar-refractivity contribution is 7.89. The third-order valence-electron chi connectivity index (χ3n) is 3.59. The molecule has 0 aromatic heterocycles. The SMILES string of the molecule is CC1CN(S(=O)(=O)c2ccc(F)c(C#N)c2)CC1C(=O)O. The summed E-state index contributed by atoms with van der Waals surface area (Å²) in [7, 11) is -3.94. The zero-order chi connectivity index (χ0) is 15.8. The molecule has 0 amide bonds. The van der Waals surface area contributed by atoms with E-state index in [1.807, 2.05) is 0 Å². The summed E-state index contributed by atoms with van der Waals surface area (Å²) in [6, 6.07) is 4.53. The van der Waals surface area contributed by atoms with Gasteiger partial charge in [-0.2, -0.15) is 9.57 Å². The van der Waals surface area contributed by atoms with E-state index in [4.69, 9.17) is 10.4 Å². The van der Waals surface area contributed by atoms with Crippen molar-refractivity contribution in [3.63, 3.8) is 0 Å². The molecule has 0 spiro atoms. The van der Waals surface area contributed by atoms with Gasteiger partial charge in [0, 0.05) is 13.1 Å². The van der Waals surface area contributed by atoms with Crippen LogP contribution in [-0.4, -0.2) is 36.9 Å². The number of carbonyl (C=O) groups is 1. The first-order valence-electron chi connectivity index (χ1n) is 6.20. The first kappa shape index (κ1) is 15.4. The van der Waals surface area contributed by atoms with E-state index in [-0.39, 0.29) is 29.5 Å². The molecule has 112 valence electrons. The third-order valence-corrected chi connectivity index (χ3v) is 5.42. The van der Waals surface area contributed by atoms with Crippen LogP contribution in [0.15, 0.2) is 23.1 Å². The molecule has 2 atom stereocenters. The maximum atomic E-state index is 13.3. The van der Waals surface area contributed by atoms with Crippen molar-refractivity contribution < 1.29 is 22.7 Å². The molecule has 0 radical (unpaired) electrons. The van der Waals surface area contributed by atoms with Crippen LogP contribution in [0.25, 0.3) is 0 Å². The molecule has 1 aliphatic heterocycles. The van der Waals surface area contributed by atoms with Crippen molar-refractivity contribution in [2.24, 2.45) is 11.8 Å². The number of nitrogens with zero attached hydrogens (tertiary/aromatic N) is 2. The lowest BCUT2D eigenvalue weighted by atomic mass is 9.99. The predicted octanol–water partition coefficient (Wildman–Crippen LogP) is 1.04. The number of aliphatic carboxylic acids is 1. The van der Waals surface area contributed by atoms with Gasteiger partial charge in [0.1, 0.15) is 11.9 Å². The second-order valence-corrected chi connectivity index (χ2v) is 6.94. The van der Waals surface area contributed by atoms with E-state index in [2.05, 4.69) is 0 Å². The minimum Gasteiger partial charge on any atom is -0.481 e. The van der Waals surface area contributed by atoms with Crippen molar-refractivity contribution >= 4 is 16.0 Å². The van der Waals surface area contributed by atoms with Gasteiger partial charge in [0.15, 0.2) is 0 Å². The fourth-order valence-corrected chi connectivity index (χ4v) is 3.93. The van der Waals surface area contributed by atoms with Crippen LogP contribution in [0.3, 0.4) is 0 Å². The number of benzene rings is 1. The van der Waals surface area contributed by atoms with Crippen molar-refractivity contribution in [2.45, 2.75) is 11.8 Å². The highest BCUT2D eigenvalue weighted by Crippen LogP contribution is 2.29. The molecule has 1 aromatic carbocycles. The van der Waals surface area contributed by atoms with Gasteiger partial charge in [-0.15, -0.1) is 0 Å². The maximum absolute atomic E-state index is 13.3. The number of hydrogen-bond acceptors (Lipinski definition) is 4. The smallest absolute Gasteiger partial charge is 0.308 e. The molecular weight excluding hydrogens is 299 g/mol. The van der Waals surface area contributed by atoms with E-state index in [0.717, 1.165) is 22.5 Å². The number of rotatable bonds is 3. The van der Waals surface area contributed by atoms with Crippen molar-refractivity contribution in [3.05, 3.63) is 29.6 Å². The average molecular weight is 312 g/mol. The van der Waals surface area contributed by atoms with Crippen LogP contribution >= 0.6 is 0 Å². The number of nitriles is 1. The molecule has 21 heavy (non-hydrogen) atoms. The van der Waals surface area contributed by atoms with Crippen molar-refractivity contribution in [1.82, 2.24) is 4.31 Å². The molecule has 8 heteroatoms. The molecule has 2 rings (SSSR count). The topological polar surface area (TPSA) is 98.5 Å². The Morgan fingerprint density at radius 2 is 2.14 bits per heavy atom. The lowest BCUT2D eigenvalue weighted by Gasteiger charge is -2.16. The van der Waals surface area contributed by atoms with Gasteiger partial charge < -0.3 is 5.11 Å². The standard InChI is InChI=1S/C13H13FN2O4S/c1-8-6-16(7-11(8)13(17)18)21(19,20)10-2-3-12(14)9(4-10)5-15/h2-4,8,11H,6-7H2,1H3,(H,17,18). The second-order valence-electron chi connectivity index (χ2n) is 5.00. The second kappa shape index (κ2) is 5.42. The summed E-state index contributed by atoms with van der Waals surface area (Å²) >= 11 is 0. The Morgan fingerprint density at radius 3 is 2.67 bits per heavy atom. The van der Waals surface area contributed by atoms with E-state index in [0.29, 0.717) is 0 Å². The molecule has 0 aliphatic carbocycles. The van der Waals surface area contributed by atoms with Crippen molar-refractivity contribution in [3.8, 4) is 6.07 Å². The summed E-state index contributed by atoms with van der Waals surface area (Å²) in [6.07, 6.45) is 0. The molecule has 1 aliphatic rings. The van der Waals surface area contributed by atoms with Gasteiger partial charge in [0.05, 0.1) is 16.4 Å². The Bertz CT molecular complexity index is 726. The van der Waals surface area contributed by atoms with Crippen LogP contribution < -0.4 is 0 Å². The predicted molar refractivity (Wildman–Crippen MR) is 70.2 cm³/mol. The Balaban J connectivity index is 2.36. The first-order valence-corrected chi connectivity index (χ1v) is 7.64. The highest BCUT2D eigenvalue weighted by Gasteiger charge is 2.40. The van der Waals surface area contributed by atoms with Gasteiger partial charge in [-0.3, -0.25) is 4.79 Å². The number of carboxylic acid groups (broad SMARTS) is 1. The van der Waals surface area contributed by atoms with Gasteiger partial charge in [-0.1, -0.05) is 6.92 Å². The van der Waals surface area contributed by atoms with Crippen LogP contribution in [0.1, 0.15) is 12.5 Å². The largest absolute Gasteiger partial charge is 0.481 e. The Hall–Kier alpha value is -1.98. The van der Waals surface area contributed by atoms with Crippen LogP contribution in [0.4, 0.5) is 4.39 Å². The average Bonchev–Trinajstić information content (AvgIpc) is 2.82. The van der Waals surface area contributed by atoms with E-state index in [9.17, 15) is 17.6 Å². The van der Waals surface area contributed by atoms with Crippen LogP contribution in [0.5, 0.6) is 0 Å². The Morgan fingerprint density at radius 1 is 1.48 bits per heavy atom. The minimum atomic E-state index is -3.94. The zero-order valence-electron chi connectivity index (χ0n) is 11.2. The molecular formula is C13H13FN2O4S. The summed E-state index contributed by atoms with van der Waals surface area (Å²) in [6.45, 7) is 1.62. The van der Waals surface area contributed by atoms with Crippen LogP contribution in [0, 0.1) is 29.0 Å². The van der Waals surface area contributed by atoms with Gasteiger partial charge in [0.25, 0.3) is 0 Å². The van der Waals surface area contributed by atoms with Gasteiger partial charge >= 0.3 is 5.97 Å². The molecule has 1 heterocycles. The first-order chi connectivity index (χ1) is 9.77. The van der Waals surface area contributed by atoms with E-state index in [1.54, 1.807) is 13.0 Å². The lowest BCUT2D eigenvalue weighted by molar-refractivity contribution is -0.142. The quantitative estimate of drug-likeness (QED) is 0.899. The van der Waals surface area contributed by atoms with Crippen LogP contribution in [-0.2, 0) is 14.8 Å². The maximum Gasteiger partial charge on any atom is 0.308 e. The Labute approximate surface area is 121 Å². The summed E-state index contributed by atoms with van der Waals surface area (Å²) in [5.74, 6) is -2.92. The molecule has 0 bridgehead atoms. The molecule has 1 saturated heterocycles. The van der Waals surface area contributed by atoms with Crippen molar-refractivity contribution in [2.75, 3.05) is 13.1 Å². The van der Waals surface area contributed by atoms with Gasteiger partial charge in [-0.25, -0.2) is 12.8 Å². The fourth-order valence-electron chi connectivity index (χ4n) is 2.34.